The summed E-state index contributed by atoms with van der Waals surface area (Å²) in [7, 11) is 1.63. The van der Waals surface area contributed by atoms with Crippen molar-refractivity contribution in [3.8, 4) is 0 Å². The van der Waals surface area contributed by atoms with Crippen LogP contribution in [0.4, 0.5) is 0 Å². The van der Waals surface area contributed by atoms with Crippen LogP contribution in [-0.2, 0) is 23.7 Å². The molecule has 1 unspecified atom stereocenters. The fraction of sp³-hybridized carbons (Fsp3) is 0.976. The molecule has 1 atom stereocenters. The Morgan fingerprint density at radius 2 is 0.894 bits per heavy atom. The SMILES string of the molecule is CCCCCCCCCCCCCCCCCCOC(CCNC(=O)COCCOC)COCCCCCCCCCCCCCC. The lowest BCUT2D eigenvalue weighted by molar-refractivity contribution is -0.126. The van der Waals surface area contributed by atoms with E-state index < -0.39 is 0 Å². The van der Waals surface area contributed by atoms with Gasteiger partial charge in [0.25, 0.3) is 0 Å². The highest BCUT2D eigenvalue weighted by Crippen LogP contribution is 2.15. The molecule has 0 aliphatic heterocycles. The normalized spacial score (nSPS) is 12.1. The molecule has 1 amide bonds. The van der Waals surface area contributed by atoms with Crippen LogP contribution in [0.25, 0.3) is 0 Å². The number of ether oxygens (including phenoxy) is 4. The summed E-state index contributed by atoms with van der Waals surface area (Å²) in [5.41, 5.74) is 0. The second-order valence-electron chi connectivity index (χ2n) is 13.9. The Morgan fingerprint density at radius 3 is 1.32 bits per heavy atom. The lowest BCUT2D eigenvalue weighted by Crippen LogP contribution is -2.32. The van der Waals surface area contributed by atoms with Crippen molar-refractivity contribution in [1.29, 1.82) is 0 Å². The summed E-state index contributed by atoms with van der Waals surface area (Å²) in [5.74, 6) is -0.0879. The van der Waals surface area contributed by atoms with E-state index in [1.165, 1.54) is 167 Å². The maximum absolute atomic E-state index is 12.1. The smallest absolute Gasteiger partial charge is 0.246 e. The molecule has 0 rings (SSSR count). The minimum atomic E-state index is -0.0879. The first kappa shape index (κ1) is 46.3. The molecule has 6 heteroatoms. The van der Waals surface area contributed by atoms with Crippen molar-refractivity contribution in [2.24, 2.45) is 0 Å². The Labute approximate surface area is 294 Å². The predicted molar refractivity (Wildman–Crippen MR) is 202 cm³/mol. The molecule has 0 aromatic heterocycles. The summed E-state index contributed by atoms with van der Waals surface area (Å²) in [6.07, 6.45) is 39.0. The zero-order chi connectivity index (χ0) is 34.1. The van der Waals surface area contributed by atoms with Crippen LogP contribution in [0.3, 0.4) is 0 Å². The topological polar surface area (TPSA) is 66.0 Å². The number of amides is 1. The van der Waals surface area contributed by atoms with Crippen molar-refractivity contribution in [2.75, 3.05) is 53.3 Å². The van der Waals surface area contributed by atoms with E-state index in [2.05, 4.69) is 19.2 Å². The first-order valence-electron chi connectivity index (χ1n) is 20.8. The van der Waals surface area contributed by atoms with Crippen LogP contribution in [0.15, 0.2) is 0 Å². The number of nitrogens with one attached hydrogen (secondary N) is 1. The zero-order valence-corrected chi connectivity index (χ0v) is 32.1. The second kappa shape index (κ2) is 41.5. The van der Waals surface area contributed by atoms with Crippen molar-refractivity contribution in [1.82, 2.24) is 5.32 Å². The molecule has 0 spiro atoms. The van der Waals surface area contributed by atoms with Crippen LogP contribution in [0, 0.1) is 0 Å². The van der Waals surface area contributed by atoms with Crippen LogP contribution in [0.1, 0.15) is 200 Å². The molecule has 47 heavy (non-hydrogen) atoms. The average Bonchev–Trinajstić information content (AvgIpc) is 3.07. The third-order valence-electron chi connectivity index (χ3n) is 9.25. The minimum absolute atomic E-state index is 0.0263. The Morgan fingerprint density at radius 1 is 0.489 bits per heavy atom. The monoisotopic (exact) mass is 670 g/mol. The van der Waals surface area contributed by atoms with E-state index in [1.807, 2.05) is 0 Å². The van der Waals surface area contributed by atoms with Crippen molar-refractivity contribution in [3.05, 3.63) is 0 Å². The van der Waals surface area contributed by atoms with Crippen LogP contribution in [0.5, 0.6) is 0 Å². The van der Waals surface area contributed by atoms with Crippen LogP contribution >= 0.6 is 0 Å². The molecular formula is C41H83NO5. The summed E-state index contributed by atoms with van der Waals surface area (Å²) in [6.45, 7) is 8.35. The third-order valence-corrected chi connectivity index (χ3v) is 9.25. The summed E-state index contributed by atoms with van der Waals surface area (Å²) in [6, 6.07) is 0. The van der Waals surface area contributed by atoms with Gasteiger partial charge in [0.1, 0.15) is 6.61 Å². The summed E-state index contributed by atoms with van der Waals surface area (Å²) in [5, 5.41) is 2.96. The zero-order valence-electron chi connectivity index (χ0n) is 32.1. The van der Waals surface area contributed by atoms with Gasteiger partial charge in [-0.1, -0.05) is 181 Å². The second-order valence-corrected chi connectivity index (χ2v) is 13.9. The van der Waals surface area contributed by atoms with Gasteiger partial charge in [0.05, 0.1) is 25.9 Å². The highest BCUT2D eigenvalue weighted by molar-refractivity contribution is 5.77. The molecule has 0 bridgehead atoms. The molecule has 6 nitrogen and oxygen atoms in total. The van der Waals surface area contributed by atoms with Gasteiger partial charge in [0, 0.05) is 26.9 Å². The number of hydrogen-bond acceptors (Lipinski definition) is 5. The van der Waals surface area contributed by atoms with E-state index in [9.17, 15) is 4.79 Å². The molecule has 282 valence electrons. The number of carbonyl (C=O) groups excluding carboxylic acids is 1. The van der Waals surface area contributed by atoms with Gasteiger partial charge in [-0.05, 0) is 19.3 Å². The average molecular weight is 670 g/mol. The molecule has 0 fully saturated rings. The molecule has 0 saturated carbocycles. The largest absolute Gasteiger partial charge is 0.382 e. The minimum Gasteiger partial charge on any atom is -0.382 e. The molecular weight excluding hydrogens is 586 g/mol. The Bertz CT molecular complexity index is 590. The van der Waals surface area contributed by atoms with E-state index >= 15 is 0 Å². The molecule has 0 aromatic carbocycles. The number of rotatable bonds is 41. The Kier molecular flexibility index (Phi) is 40.9. The van der Waals surface area contributed by atoms with Crippen LogP contribution < -0.4 is 5.32 Å². The first-order chi connectivity index (χ1) is 23.2. The van der Waals surface area contributed by atoms with E-state index in [0.717, 1.165) is 32.5 Å². The number of carbonyl (C=O) groups is 1. The van der Waals surface area contributed by atoms with E-state index in [1.54, 1.807) is 7.11 Å². The Hall–Kier alpha value is -0.690. The fourth-order valence-corrected chi connectivity index (χ4v) is 6.11. The number of hydrogen-bond donors (Lipinski definition) is 1. The van der Waals surface area contributed by atoms with Gasteiger partial charge in [0.2, 0.25) is 5.91 Å². The van der Waals surface area contributed by atoms with Crippen LogP contribution in [0.2, 0.25) is 0 Å². The predicted octanol–water partition coefficient (Wildman–Crippen LogP) is 11.5. The number of unbranched alkanes of at least 4 members (excludes halogenated alkanes) is 26. The van der Waals surface area contributed by atoms with Gasteiger partial charge in [-0.3, -0.25) is 4.79 Å². The lowest BCUT2D eigenvalue weighted by atomic mass is 10.0. The summed E-state index contributed by atoms with van der Waals surface area (Å²) >= 11 is 0. The Balaban J connectivity index is 3.91. The molecule has 0 saturated heterocycles. The molecule has 0 aliphatic carbocycles. The quantitative estimate of drug-likeness (QED) is 0.0656. The number of methoxy groups -OCH3 is 1. The van der Waals surface area contributed by atoms with Gasteiger partial charge in [-0.25, -0.2) is 0 Å². The van der Waals surface area contributed by atoms with Gasteiger partial charge in [0.15, 0.2) is 0 Å². The van der Waals surface area contributed by atoms with Gasteiger partial charge < -0.3 is 24.3 Å². The van der Waals surface area contributed by atoms with Gasteiger partial charge in [-0.2, -0.15) is 0 Å². The molecule has 0 aliphatic rings. The van der Waals surface area contributed by atoms with E-state index in [4.69, 9.17) is 18.9 Å². The highest BCUT2D eigenvalue weighted by atomic mass is 16.5. The van der Waals surface area contributed by atoms with Gasteiger partial charge >= 0.3 is 0 Å². The summed E-state index contributed by atoms with van der Waals surface area (Å²) < 4.78 is 22.6. The molecule has 0 heterocycles. The molecule has 0 aromatic rings. The van der Waals surface area contributed by atoms with Crippen molar-refractivity contribution >= 4 is 5.91 Å². The van der Waals surface area contributed by atoms with Crippen molar-refractivity contribution in [3.63, 3.8) is 0 Å². The summed E-state index contributed by atoms with van der Waals surface area (Å²) in [4.78, 5) is 12.1. The van der Waals surface area contributed by atoms with E-state index in [0.29, 0.717) is 26.4 Å². The van der Waals surface area contributed by atoms with E-state index in [-0.39, 0.29) is 18.6 Å². The molecule has 1 N–H and O–H groups in total. The van der Waals surface area contributed by atoms with Crippen LogP contribution in [-0.4, -0.2) is 65.3 Å². The molecule has 0 radical (unpaired) electrons. The van der Waals surface area contributed by atoms with Crippen molar-refractivity contribution < 1.29 is 23.7 Å². The maximum atomic E-state index is 12.1. The van der Waals surface area contributed by atoms with Gasteiger partial charge in [-0.15, -0.1) is 0 Å². The first-order valence-corrected chi connectivity index (χ1v) is 20.8. The van der Waals surface area contributed by atoms with Crippen molar-refractivity contribution in [2.45, 2.75) is 206 Å². The lowest BCUT2D eigenvalue weighted by Gasteiger charge is -2.19. The standard InChI is InChI=1S/C41H83NO5/c1-4-6-8-10-12-14-16-18-19-20-21-23-25-27-29-31-35-47-40(32-33-42-41(43)39-46-37-36-44-3)38-45-34-30-28-26-24-22-17-15-13-11-9-7-5-2/h40H,4-39H2,1-3H3,(H,42,43). The fourth-order valence-electron chi connectivity index (χ4n) is 6.11. The maximum Gasteiger partial charge on any atom is 0.246 e. The third kappa shape index (κ3) is 39.6. The highest BCUT2D eigenvalue weighted by Gasteiger charge is 2.11.